The van der Waals surface area contributed by atoms with Gasteiger partial charge in [0.25, 0.3) is 11.8 Å². The molecule has 0 spiro atoms. The number of thiophene rings is 1. The average molecular weight is 687 g/mol. The fourth-order valence-corrected chi connectivity index (χ4v) is 9.99. The predicted molar refractivity (Wildman–Crippen MR) is 177 cm³/mol. The summed E-state index contributed by atoms with van der Waals surface area (Å²) in [6, 6.07) is 12.2. The molecule has 13 heteroatoms. The topological polar surface area (TPSA) is 142 Å². The Kier molecular flexibility index (Phi) is 6.73. The van der Waals surface area contributed by atoms with E-state index in [4.69, 9.17) is 21.4 Å². The molecule has 246 valence electrons. The maximum atomic E-state index is 14.9. The molecule has 4 amide bonds. The third-order valence-corrected chi connectivity index (χ3v) is 12.5. The molecule has 4 aliphatic rings. The molecule has 8 rings (SSSR count). The lowest BCUT2D eigenvalue weighted by molar-refractivity contribution is -0.173. The molecule has 2 saturated heterocycles. The van der Waals surface area contributed by atoms with Crippen molar-refractivity contribution in [1.29, 1.82) is 0 Å². The Morgan fingerprint density at radius 3 is 2.54 bits per heavy atom. The quantitative estimate of drug-likeness (QED) is 0.161. The van der Waals surface area contributed by atoms with Crippen LogP contribution in [0.4, 0.5) is 5.82 Å². The van der Waals surface area contributed by atoms with Gasteiger partial charge in [0.1, 0.15) is 23.0 Å². The number of methoxy groups -OCH3 is 1. The lowest BCUT2D eigenvalue weighted by atomic mass is 9.51. The first kappa shape index (κ1) is 30.8. The number of carbonyl (C=O) groups excluding carboxylic acids is 4. The zero-order valence-electron chi connectivity index (χ0n) is 26.4. The first-order valence-corrected chi connectivity index (χ1v) is 16.8. The number of imide groups is 2. The minimum Gasteiger partial charge on any atom is -0.508 e. The molecule has 2 aliphatic heterocycles. The first-order valence-electron chi connectivity index (χ1n) is 15.6. The van der Waals surface area contributed by atoms with Gasteiger partial charge in [0, 0.05) is 40.4 Å². The number of allylic oxidation sites excluding steroid dienone is 2. The number of hydrogen-bond acceptors (Lipinski definition) is 9. The largest absolute Gasteiger partial charge is 0.508 e. The highest BCUT2D eigenvalue weighted by atomic mass is 35.5. The lowest BCUT2D eigenvalue weighted by Crippen LogP contribution is -2.48. The number of aryl methyl sites for hydroxylation is 2. The summed E-state index contributed by atoms with van der Waals surface area (Å²) in [5.41, 5.74) is 1.32. The van der Waals surface area contributed by atoms with Gasteiger partial charge in [-0.1, -0.05) is 29.3 Å². The van der Waals surface area contributed by atoms with Gasteiger partial charge in [0.2, 0.25) is 11.8 Å². The fraction of sp³-hybridized carbons (Fsp3) is 0.343. The van der Waals surface area contributed by atoms with Crippen LogP contribution in [0.3, 0.4) is 0 Å². The Morgan fingerprint density at radius 1 is 1.04 bits per heavy atom. The molecule has 11 nitrogen and oxygen atoms in total. The number of aromatic hydroxyl groups is 1. The van der Waals surface area contributed by atoms with Crippen molar-refractivity contribution in [1.82, 2.24) is 14.8 Å². The van der Waals surface area contributed by atoms with Gasteiger partial charge in [-0.2, -0.15) is 10.2 Å². The van der Waals surface area contributed by atoms with Crippen LogP contribution in [0.1, 0.15) is 36.8 Å². The number of hydroxylamine groups is 2. The molecular formula is C35H31ClN4O7S. The molecule has 4 aromatic rings. The molecule has 1 saturated carbocycles. The highest BCUT2D eigenvalue weighted by molar-refractivity contribution is 7.22. The second-order valence-corrected chi connectivity index (χ2v) is 14.8. The molecule has 6 unspecified atom stereocenters. The Bertz CT molecular complexity index is 2150. The van der Waals surface area contributed by atoms with E-state index in [-0.39, 0.29) is 23.7 Å². The molecule has 2 aromatic heterocycles. The maximum absolute atomic E-state index is 14.9. The molecule has 6 atom stereocenters. The smallest absolute Gasteiger partial charge is 0.257 e. The first-order chi connectivity index (χ1) is 22.9. The Labute approximate surface area is 283 Å². The van der Waals surface area contributed by atoms with Gasteiger partial charge < -0.3 is 9.84 Å². The van der Waals surface area contributed by atoms with E-state index in [2.05, 4.69) is 0 Å². The van der Waals surface area contributed by atoms with E-state index >= 15 is 0 Å². The summed E-state index contributed by atoms with van der Waals surface area (Å²) in [7, 11) is 3.16. The van der Waals surface area contributed by atoms with Crippen molar-refractivity contribution in [2.24, 2.45) is 36.1 Å². The number of carbonyl (C=O) groups is 4. The second kappa shape index (κ2) is 10.5. The third kappa shape index (κ3) is 3.99. The summed E-state index contributed by atoms with van der Waals surface area (Å²) in [6.45, 7) is 3.73. The van der Waals surface area contributed by atoms with Gasteiger partial charge in [-0.25, -0.2) is 4.90 Å². The SMILES string of the molecule is COc1ccc(C2C3=CCC4C(=O)N(O)C(=O)C4C3CC3C(=O)N(c4cc(-c5sc6ccc(Cl)cc6c5C)nn4C)C(=O)C32C)c(O)c1. The van der Waals surface area contributed by atoms with Crippen molar-refractivity contribution in [3.8, 4) is 22.1 Å². The van der Waals surface area contributed by atoms with Gasteiger partial charge in [-0.3, -0.25) is 29.1 Å². The number of halogens is 1. The highest BCUT2D eigenvalue weighted by Crippen LogP contribution is 2.64. The highest BCUT2D eigenvalue weighted by Gasteiger charge is 2.68. The van der Waals surface area contributed by atoms with Crippen LogP contribution in [0.25, 0.3) is 20.7 Å². The number of amides is 4. The van der Waals surface area contributed by atoms with E-state index in [1.807, 2.05) is 31.2 Å². The van der Waals surface area contributed by atoms with E-state index in [9.17, 15) is 29.5 Å². The van der Waals surface area contributed by atoms with Crippen LogP contribution < -0.4 is 9.64 Å². The van der Waals surface area contributed by atoms with Gasteiger partial charge in [-0.05, 0) is 67.8 Å². The van der Waals surface area contributed by atoms with Crippen molar-refractivity contribution in [2.75, 3.05) is 12.0 Å². The average Bonchev–Trinajstić information content (AvgIpc) is 3.72. The molecule has 2 aromatic carbocycles. The standard InChI is InChI=1S/C35H31ClN4O7S/c1-15-21-11-16(36)5-10-26(21)48-30(15)24-14-27(38(3)37-24)39-32(43)23-13-22-18(8-9-20-28(22)33(44)40(46)31(20)42)29(35(23,2)34(39)45)19-7-6-17(47-4)12-25(19)41/h5-8,10-12,14,20,22-23,28-29,41,46H,9,13H2,1-4H3. The van der Waals surface area contributed by atoms with Crippen LogP contribution >= 0.6 is 22.9 Å². The minimum atomic E-state index is -1.36. The van der Waals surface area contributed by atoms with Crippen molar-refractivity contribution in [2.45, 2.75) is 32.6 Å². The third-order valence-electron chi connectivity index (χ3n) is 11.0. The number of nitrogens with zero attached hydrogens (tertiary/aromatic N) is 4. The Hall–Kier alpha value is -4.52. The van der Waals surface area contributed by atoms with Crippen LogP contribution in [0.2, 0.25) is 5.02 Å². The monoisotopic (exact) mass is 686 g/mol. The van der Waals surface area contributed by atoms with Gasteiger partial charge in [0.05, 0.1) is 35.2 Å². The number of phenolic OH excluding ortho intramolecular Hbond substituents is 1. The van der Waals surface area contributed by atoms with Gasteiger partial charge >= 0.3 is 0 Å². The minimum absolute atomic E-state index is 0.117. The van der Waals surface area contributed by atoms with Crippen molar-refractivity contribution in [3.63, 3.8) is 0 Å². The van der Waals surface area contributed by atoms with Crippen LogP contribution in [0.15, 0.2) is 54.1 Å². The molecule has 2 N–H and O–H groups in total. The fourth-order valence-electron chi connectivity index (χ4n) is 8.67. The molecular weight excluding hydrogens is 656 g/mol. The Balaban J connectivity index is 1.26. The van der Waals surface area contributed by atoms with Crippen LogP contribution in [-0.4, -0.2) is 55.9 Å². The molecule has 0 bridgehead atoms. The summed E-state index contributed by atoms with van der Waals surface area (Å²) in [5.74, 6) is -5.70. The molecule has 3 fully saturated rings. The summed E-state index contributed by atoms with van der Waals surface area (Å²) in [5, 5.41) is 28.2. The normalized spacial score (nSPS) is 28.2. The van der Waals surface area contributed by atoms with Crippen LogP contribution in [0, 0.1) is 36.0 Å². The number of hydrogen-bond donors (Lipinski definition) is 2. The number of phenols is 1. The number of benzene rings is 2. The summed E-state index contributed by atoms with van der Waals surface area (Å²) < 4.78 is 7.87. The number of anilines is 1. The molecule has 48 heavy (non-hydrogen) atoms. The number of aromatic nitrogens is 2. The lowest BCUT2D eigenvalue weighted by Gasteiger charge is -2.49. The van der Waals surface area contributed by atoms with Gasteiger partial charge in [-0.15, -0.1) is 11.3 Å². The van der Waals surface area contributed by atoms with Crippen LogP contribution in [-0.2, 0) is 26.2 Å². The molecule has 0 radical (unpaired) electrons. The summed E-state index contributed by atoms with van der Waals surface area (Å²) in [6.07, 6.45) is 2.15. The van der Waals surface area contributed by atoms with Crippen LogP contribution in [0.5, 0.6) is 11.5 Å². The summed E-state index contributed by atoms with van der Waals surface area (Å²) >= 11 is 7.82. The van der Waals surface area contributed by atoms with E-state index in [1.165, 1.54) is 22.8 Å². The van der Waals surface area contributed by atoms with Crippen molar-refractivity contribution >= 4 is 62.5 Å². The van der Waals surface area contributed by atoms with E-state index in [0.717, 1.165) is 20.5 Å². The number of rotatable bonds is 4. The van der Waals surface area contributed by atoms with E-state index < -0.39 is 58.6 Å². The van der Waals surface area contributed by atoms with Crippen molar-refractivity contribution < 1.29 is 34.2 Å². The second-order valence-electron chi connectivity index (χ2n) is 13.3. The van der Waals surface area contributed by atoms with E-state index in [1.54, 1.807) is 43.5 Å². The summed E-state index contributed by atoms with van der Waals surface area (Å²) in [4.78, 5) is 57.6. The zero-order valence-corrected chi connectivity index (χ0v) is 28.0. The number of fused-ring (bicyclic) bond motifs is 5. The molecule has 4 heterocycles. The van der Waals surface area contributed by atoms with Crippen molar-refractivity contribution in [3.05, 3.63) is 70.3 Å². The Morgan fingerprint density at radius 2 is 1.81 bits per heavy atom. The molecule has 2 aliphatic carbocycles. The number of ether oxygens (including phenoxy) is 1. The van der Waals surface area contributed by atoms with Gasteiger partial charge in [0.15, 0.2) is 0 Å². The maximum Gasteiger partial charge on any atom is 0.257 e. The zero-order chi connectivity index (χ0) is 34.0. The van der Waals surface area contributed by atoms with E-state index in [0.29, 0.717) is 33.4 Å². The predicted octanol–water partition coefficient (Wildman–Crippen LogP) is 5.60.